The topological polar surface area (TPSA) is 89.3 Å². The maximum atomic E-state index is 14.0. The van der Waals surface area contributed by atoms with Crippen molar-refractivity contribution in [3.8, 4) is 16.8 Å². The summed E-state index contributed by atoms with van der Waals surface area (Å²) in [5.74, 6) is -1.74. The molecule has 0 spiro atoms. The maximum absolute atomic E-state index is 14.0. The molecule has 2 heterocycles. The van der Waals surface area contributed by atoms with E-state index in [-0.39, 0.29) is 11.4 Å². The van der Waals surface area contributed by atoms with Crippen LogP contribution in [-0.4, -0.2) is 25.6 Å². The predicted octanol–water partition coefficient (Wildman–Crippen LogP) is 3.46. The van der Waals surface area contributed by atoms with Crippen LogP contribution in [0, 0.1) is 11.9 Å². The zero-order valence-corrected chi connectivity index (χ0v) is 13.8. The molecule has 4 rings (SSSR count). The zero-order chi connectivity index (χ0) is 19.0. The lowest BCUT2D eigenvalue weighted by molar-refractivity contribution is 0.318. The van der Waals surface area contributed by atoms with Gasteiger partial charge in [-0.15, -0.1) is 0 Å². The first-order chi connectivity index (χ1) is 13.1. The third-order valence-electron chi connectivity index (χ3n) is 4.20. The molecule has 0 saturated heterocycles. The van der Waals surface area contributed by atoms with Crippen LogP contribution in [0.5, 0.6) is 0 Å². The van der Waals surface area contributed by atoms with Crippen molar-refractivity contribution >= 4 is 16.9 Å². The number of pyridine rings is 1. The summed E-state index contributed by atoms with van der Waals surface area (Å²) < 4.78 is 28.9. The quantitative estimate of drug-likeness (QED) is 0.191. The molecule has 134 valence electrons. The van der Waals surface area contributed by atoms with Gasteiger partial charge >= 0.3 is 0 Å². The molecule has 4 aromatic rings. The Bertz CT molecular complexity index is 1190. The molecule has 0 unspecified atom stereocenters. The number of nitrogens with two attached hydrogens (primary N) is 1. The second-order valence-electron chi connectivity index (χ2n) is 5.83. The number of hydrogen-bond donors (Lipinski definition) is 2. The SMILES string of the molecule is NC(=NO)c1ccc2c(c1)ncn2-c1cccc(-c2ccc(F)nc2F)c1. The normalized spacial score (nSPS) is 11.9. The molecule has 0 aliphatic rings. The number of amidine groups is 1. The molecule has 0 atom stereocenters. The lowest BCUT2D eigenvalue weighted by atomic mass is 10.1. The molecule has 27 heavy (non-hydrogen) atoms. The largest absolute Gasteiger partial charge is 0.409 e. The van der Waals surface area contributed by atoms with Crippen LogP contribution in [0.15, 0.2) is 66.1 Å². The highest BCUT2D eigenvalue weighted by atomic mass is 19.1. The van der Waals surface area contributed by atoms with Crippen molar-refractivity contribution < 1.29 is 14.0 Å². The van der Waals surface area contributed by atoms with E-state index in [0.717, 1.165) is 17.3 Å². The van der Waals surface area contributed by atoms with E-state index < -0.39 is 11.9 Å². The van der Waals surface area contributed by atoms with Gasteiger partial charge in [-0.25, -0.2) is 4.98 Å². The smallest absolute Gasteiger partial charge is 0.223 e. The van der Waals surface area contributed by atoms with E-state index in [1.807, 2.05) is 10.6 Å². The van der Waals surface area contributed by atoms with E-state index in [0.29, 0.717) is 16.6 Å². The van der Waals surface area contributed by atoms with E-state index in [4.69, 9.17) is 10.9 Å². The first-order valence-electron chi connectivity index (χ1n) is 7.94. The first kappa shape index (κ1) is 16.6. The van der Waals surface area contributed by atoms with Crippen LogP contribution in [-0.2, 0) is 0 Å². The summed E-state index contributed by atoms with van der Waals surface area (Å²) in [5.41, 5.74) is 9.11. The summed E-state index contributed by atoms with van der Waals surface area (Å²) >= 11 is 0. The molecule has 0 bridgehead atoms. The Morgan fingerprint density at radius 2 is 1.93 bits per heavy atom. The Morgan fingerprint density at radius 1 is 1.07 bits per heavy atom. The minimum absolute atomic E-state index is 0.00673. The fraction of sp³-hybridized carbons (Fsp3) is 0. The molecule has 0 amide bonds. The van der Waals surface area contributed by atoms with Gasteiger partial charge in [-0.1, -0.05) is 17.3 Å². The Labute approximate surface area is 152 Å². The molecule has 6 nitrogen and oxygen atoms in total. The minimum atomic E-state index is -0.869. The molecule has 0 radical (unpaired) electrons. The number of rotatable bonds is 3. The van der Waals surface area contributed by atoms with Gasteiger partial charge in [0.2, 0.25) is 11.9 Å². The van der Waals surface area contributed by atoms with E-state index in [9.17, 15) is 8.78 Å². The van der Waals surface area contributed by atoms with Gasteiger partial charge < -0.3 is 10.9 Å². The number of imidazole rings is 1. The molecule has 0 aliphatic heterocycles. The van der Waals surface area contributed by atoms with Gasteiger partial charge in [0, 0.05) is 16.8 Å². The molecule has 2 aromatic heterocycles. The first-order valence-corrected chi connectivity index (χ1v) is 7.94. The Hall–Kier alpha value is -3.81. The second-order valence-corrected chi connectivity index (χ2v) is 5.83. The lowest BCUT2D eigenvalue weighted by Crippen LogP contribution is -2.12. The summed E-state index contributed by atoms with van der Waals surface area (Å²) in [7, 11) is 0. The fourth-order valence-corrected chi connectivity index (χ4v) is 2.89. The van der Waals surface area contributed by atoms with Gasteiger partial charge in [0.15, 0.2) is 5.84 Å². The number of aromatic nitrogens is 3. The summed E-state index contributed by atoms with van der Waals surface area (Å²) in [6.07, 6.45) is 1.62. The Kier molecular flexibility index (Phi) is 4.00. The van der Waals surface area contributed by atoms with Crippen LogP contribution in [0.25, 0.3) is 27.8 Å². The minimum Gasteiger partial charge on any atom is -0.409 e. The van der Waals surface area contributed by atoms with Crippen LogP contribution in [0.1, 0.15) is 5.56 Å². The summed E-state index contributed by atoms with van der Waals surface area (Å²) in [6.45, 7) is 0. The van der Waals surface area contributed by atoms with Crippen LogP contribution in [0.3, 0.4) is 0 Å². The summed E-state index contributed by atoms with van der Waals surface area (Å²) in [5, 5.41) is 11.8. The second kappa shape index (κ2) is 6.49. The van der Waals surface area contributed by atoms with E-state index in [1.54, 1.807) is 42.7 Å². The van der Waals surface area contributed by atoms with Gasteiger partial charge in [0.25, 0.3) is 0 Å². The summed E-state index contributed by atoms with van der Waals surface area (Å²) in [4.78, 5) is 7.57. The zero-order valence-electron chi connectivity index (χ0n) is 13.8. The van der Waals surface area contributed by atoms with E-state index >= 15 is 0 Å². The van der Waals surface area contributed by atoms with Crippen LogP contribution < -0.4 is 5.73 Å². The molecule has 8 heteroatoms. The molecule has 3 N–H and O–H groups in total. The number of fused-ring (bicyclic) bond motifs is 1. The van der Waals surface area contributed by atoms with E-state index in [1.165, 1.54) is 6.07 Å². The van der Waals surface area contributed by atoms with Gasteiger partial charge in [-0.3, -0.25) is 4.57 Å². The van der Waals surface area contributed by atoms with Gasteiger partial charge in [-0.05, 0) is 48.0 Å². The van der Waals surface area contributed by atoms with Crippen molar-refractivity contribution in [3.63, 3.8) is 0 Å². The predicted molar refractivity (Wildman–Crippen MR) is 96.7 cm³/mol. The number of halogens is 2. The highest BCUT2D eigenvalue weighted by Gasteiger charge is 2.11. The van der Waals surface area contributed by atoms with Crippen LogP contribution in [0.2, 0.25) is 0 Å². The average molecular weight is 365 g/mol. The Balaban J connectivity index is 1.80. The van der Waals surface area contributed by atoms with Gasteiger partial charge in [-0.2, -0.15) is 13.8 Å². The third-order valence-corrected chi connectivity index (χ3v) is 4.20. The average Bonchev–Trinajstić information content (AvgIpc) is 3.10. The maximum Gasteiger partial charge on any atom is 0.223 e. The molecule has 0 aliphatic carbocycles. The van der Waals surface area contributed by atoms with Crippen LogP contribution >= 0.6 is 0 Å². The monoisotopic (exact) mass is 365 g/mol. The number of hydrogen-bond acceptors (Lipinski definition) is 4. The van der Waals surface area contributed by atoms with E-state index in [2.05, 4.69) is 15.1 Å². The number of nitrogens with zero attached hydrogens (tertiary/aromatic N) is 4. The van der Waals surface area contributed by atoms with Crippen molar-refractivity contribution in [3.05, 3.63) is 78.4 Å². The van der Waals surface area contributed by atoms with Crippen molar-refractivity contribution in [1.82, 2.24) is 14.5 Å². The standard InChI is InChI=1S/C19H13F2N5O/c20-17-7-5-14(18(21)24-17)11-2-1-3-13(8-11)26-10-23-15-9-12(19(22)25-27)4-6-16(15)26/h1-10,27H,(H2,22,25). The fourth-order valence-electron chi connectivity index (χ4n) is 2.89. The number of oxime groups is 1. The molecular weight excluding hydrogens is 352 g/mol. The lowest BCUT2D eigenvalue weighted by Gasteiger charge is -2.08. The van der Waals surface area contributed by atoms with Crippen LogP contribution in [0.4, 0.5) is 8.78 Å². The van der Waals surface area contributed by atoms with Gasteiger partial charge in [0.1, 0.15) is 6.33 Å². The molecular formula is C19H13F2N5O. The van der Waals surface area contributed by atoms with Crippen molar-refractivity contribution in [1.29, 1.82) is 0 Å². The van der Waals surface area contributed by atoms with Gasteiger partial charge in [0.05, 0.1) is 11.0 Å². The molecule has 0 fully saturated rings. The number of benzene rings is 2. The Morgan fingerprint density at radius 3 is 2.70 bits per heavy atom. The summed E-state index contributed by atoms with van der Waals surface area (Å²) in [6, 6.07) is 14.8. The van der Waals surface area contributed by atoms with Crippen molar-refractivity contribution in [2.45, 2.75) is 0 Å². The highest BCUT2D eigenvalue weighted by Crippen LogP contribution is 2.26. The molecule has 2 aromatic carbocycles. The third kappa shape index (κ3) is 2.97. The van der Waals surface area contributed by atoms with Crippen molar-refractivity contribution in [2.24, 2.45) is 10.9 Å². The molecule has 0 saturated carbocycles. The highest BCUT2D eigenvalue weighted by molar-refractivity contribution is 5.99. The van der Waals surface area contributed by atoms with Crippen molar-refractivity contribution in [2.75, 3.05) is 0 Å².